The second-order valence-corrected chi connectivity index (χ2v) is 5.50. The molecule has 2 heterocycles. The predicted molar refractivity (Wildman–Crippen MR) is 78.8 cm³/mol. The number of hydrogen-bond donors (Lipinski definition) is 2. The Labute approximate surface area is 120 Å². The average molecular weight is 277 g/mol. The van der Waals surface area contributed by atoms with Crippen LogP contribution in [0.25, 0.3) is 0 Å². The van der Waals surface area contributed by atoms with Crippen molar-refractivity contribution in [3.05, 3.63) is 23.5 Å². The number of hydrogen-bond acceptors (Lipinski definition) is 4. The van der Waals surface area contributed by atoms with Crippen molar-refractivity contribution >= 4 is 11.6 Å². The number of piperidine rings is 1. The smallest absolute Gasteiger partial charge is 0.233 e. The molecule has 1 aromatic heterocycles. The lowest BCUT2D eigenvalue weighted by Gasteiger charge is -2.35. The Balaban J connectivity index is 2.15. The highest BCUT2D eigenvalue weighted by atomic mass is 16.5. The standard InChI is InChI=1S/C15H23N3O2/c1-11-4-5-13(12(2)17-11)18-14(19)15(10-20-3)6-8-16-9-7-15/h4-5,16H,6-10H2,1-3H3,(H,18,19). The van der Waals surface area contributed by atoms with Gasteiger partial charge in [-0.25, -0.2) is 0 Å². The van der Waals surface area contributed by atoms with Crippen LogP contribution in [0.3, 0.4) is 0 Å². The van der Waals surface area contributed by atoms with Gasteiger partial charge in [0.2, 0.25) is 5.91 Å². The highest BCUT2D eigenvalue weighted by Gasteiger charge is 2.39. The predicted octanol–water partition coefficient (Wildman–Crippen LogP) is 1.65. The van der Waals surface area contributed by atoms with E-state index in [4.69, 9.17) is 4.74 Å². The monoisotopic (exact) mass is 277 g/mol. The number of nitrogens with zero attached hydrogens (tertiary/aromatic N) is 1. The number of aromatic nitrogens is 1. The third-order valence-corrected chi connectivity index (χ3v) is 3.94. The van der Waals surface area contributed by atoms with Gasteiger partial charge in [0.1, 0.15) is 0 Å². The van der Waals surface area contributed by atoms with Gasteiger partial charge in [-0.15, -0.1) is 0 Å². The molecule has 0 aliphatic carbocycles. The Kier molecular flexibility index (Phi) is 4.73. The number of rotatable bonds is 4. The second-order valence-electron chi connectivity index (χ2n) is 5.50. The molecule has 0 radical (unpaired) electrons. The lowest BCUT2D eigenvalue weighted by Crippen LogP contribution is -2.47. The van der Waals surface area contributed by atoms with Gasteiger partial charge in [0.05, 0.1) is 23.4 Å². The van der Waals surface area contributed by atoms with E-state index in [9.17, 15) is 4.79 Å². The average Bonchev–Trinajstić information content (AvgIpc) is 2.43. The minimum absolute atomic E-state index is 0.0367. The highest BCUT2D eigenvalue weighted by molar-refractivity contribution is 5.96. The van der Waals surface area contributed by atoms with E-state index in [0.29, 0.717) is 6.61 Å². The molecule has 110 valence electrons. The van der Waals surface area contributed by atoms with E-state index < -0.39 is 5.41 Å². The minimum atomic E-state index is -0.433. The van der Waals surface area contributed by atoms with Crippen LogP contribution in [0.4, 0.5) is 5.69 Å². The van der Waals surface area contributed by atoms with Crippen molar-refractivity contribution in [2.45, 2.75) is 26.7 Å². The molecule has 0 saturated carbocycles. The van der Waals surface area contributed by atoms with Crippen LogP contribution in [0.1, 0.15) is 24.2 Å². The molecule has 2 N–H and O–H groups in total. The second kappa shape index (κ2) is 6.33. The molecule has 5 heteroatoms. The van der Waals surface area contributed by atoms with Gasteiger partial charge in [0.25, 0.3) is 0 Å². The number of amides is 1. The quantitative estimate of drug-likeness (QED) is 0.878. The molecular weight excluding hydrogens is 254 g/mol. The van der Waals surface area contributed by atoms with Crippen molar-refractivity contribution in [2.24, 2.45) is 5.41 Å². The van der Waals surface area contributed by atoms with E-state index in [1.165, 1.54) is 0 Å². The van der Waals surface area contributed by atoms with E-state index in [1.54, 1.807) is 7.11 Å². The fourth-order valence-electron chi connectivity index (χ4n) is 2.69. The maximum Gasteiger partial charge on any atom is 0.233 e. The molecule has 0 aromatic carbocycles. The first-order chi connectivity index (χ1) is 9.57. The topological polar surface area (TPSA) is 63.2 Å². The summed E-state index contributed by atoms with van der Waals surface area (Å²) < 4.78 is 5.29. The summed E-state index contributed by atoms with van der Waals surface area (Å²) >= 11 is 0. The van der Waals surface area contributed by atoms with Gasteiger partial charge in [0, 0.05) is 12.8 Å². The number of aryl methyl sites for hydroxylation is 2. The van der Waals surface area contributed by atoms with Gasteiger partial charge in [0.15, 0.2) is 0 Å². The molecule has 0 spiro atoms. The van der Waals surface area contributed by atoms with Crippen molar-refractivity contribution in [1.29, 1.82) is 0 Å². The normalized spacial score (nSPS) is 17.8. The molecule has 20 heavy (non-hydrogen) atoms. The Morgan fingerprint density at radius 2 is 2.10 bits per heavy atom. The molecule has 1 aliphatic heterocycles. The molecule has 1 aromatic rings. The van der Waals surface area contributed by atoms with Crippen LogP contribution in [-0.4, -0.2) is 37.7 Å². The van der Waals surface area contributed by atoms with Crippen LogP contribution in [0, 0.1) is 19.3 Å². The largest absolute Gasteiger partial charge is 0.384 e. The van der Waals surface area contributed by atoms with E-state index in [1.807, 2.05) is 26.0 Å². The van der Waals surface area contributed by atoms with Crippen LogP contribution < -0.4 is 10.6 Å². The zero-order chi connectivity index (χ0) is 14.6. The van der Waals surface area contributed by atoms with Gasteiger partial charge < -0.3 is 15.4 Å². The third-order valence-electron chi connectivity index (χ3n) is 3.94. The summed E-state index contributed by atoms with van der Waals surface area (Å²) in [6.45, 7) is 6.01. The Morgan fingerprint density at radius 3 is 2.70 bits per heavy atom. The van der Waals surface area contributed by atoms with E-state index in [-0.39, 0.29) is 5.91 Å². The lowest BCUT2D eigenvalue weighted by atomic mass is 9.78. The number of anilines is 1. The first-order valence-corrected chi connectivity index (χ1v) is 7.03. The van der Waals surface area contributed by atoms with Crippen molar-refractivity contribution in [3.8, 4) is 0 Å². The first-order valence-electron chi connectivity index (χ1n) is 7.03. The highest BCUT2D eigenvalue weighted by Crippen LogP contribution is 2.31. The van der Waals surface area contributed by atoms with E-state index in [0.717, 1.165) is 43.0 Å². The van der Waals surface area contributed by atoms with Crippen LogP contribution in [0.2, 0.25) is 0 Å². The molecule has 0 unspecified atom stereocenters. The zero-order valence-electron chi connectivity index (χ0n) is 12.5. The maximum atomic E-state index is 12.7. The molecule has 0 bridgehead atoms. The number of carbonyl (C=O) groups excluding carboxylic acids is 1. The number of nitrogens with one attached hydrogen (secondary N) is 2. The molecule has 2 rings (SSSR count). The minimum Gasteiger partial charge on any atom is -0.384 e. The van der Waals surface area contributed by atoms with Crippen LogP contribution >= 0.6 is 0 Å². The lowest BCUT2D eigenvalue weighted by molar-refractivity contribution is -0.130. The van der Waals surface area contributed by atoms with Crippen molar-refractivity contribution in [2.75, 3.05) is 32.1 Å². The fourth-order valence-corrected chi connectivity index (χ4v) is 2.69. The number of methoxy groups -OCH3 is 1. The zero-order valence-corrected chi connectivity index (χ0v) is 12.5. The van der Waals surface area contributed by atoms with E-state index >= 15 is 0 Å². The van der Waals surface area contributed by atoms with Crippen molar-refractivity contribution in [3.63, 3.8) is 0 Å². The van der Waals surface area contributed by atoms with Crippen molar-refractivity contribution in [1.82, 2.24) is 10.3 Å². The first kappa shape index (κ1) is 14.9. The molecule has 1 aliphatic rings. The third kappa shape index (κ3) is 3.16. The summed E-state index contributed by atoms with van der Waals surface area (Å²) in [5.74, 6) is 0.0367. The van der Waals surface area contributed by atoms with Crippen LogP contribution in [-0.2, 0) is 9.53 Å². The van der Waals surface area contributed by atoms with E-state index in [2.05, 4.69) is 15.6 Å². The molecule has 0 atom stereocenters. The summed E-state index contributed by atoms with van der Waals surface area (Å²) in [6, 6.07) is 3.82. The Hall–Kier alpha value is -1.46. The summed E-state index contributed by atoms with van der Waals surface area (Å²) in [4.78, 5) is 17.1. The van der Waals surface area contributed by atoms with Gasteiger partial charge >= 0.3 is 0 Å². The molecule has 1 saturated heterocycles. The molecular formula is C15H23N3O2. The van der Waals surface area contributed by atoms with Gasteiger partial charge in [-0.05, 0) is 51.9 Å². The Morgan fingerprint density at radius 1 is 1.40 bits per heavy atom. The van der Waals surface area contributed by atoms with Gasteiger partial charge in [-0.3, -0.25) is 9.78 Å². The molecule has 1 fully saturated rings. The molecule has 5 nitrogen and oxygen atoms in total. The summed E-state index contributed by atoms with van der Waals surface area (Å²) in [5.41, 5.74) is 2.15. The SMILES string of the molecule is COCC1(C(=O)Nc2ccc(C)nc2C)CCNCC1. The van der Waals surface area contributed by atoms with Gasteiger partial charge in [-0.2, -0.15) is 0 Å². The number of pyridine rings is 1. The van der Waals surface area contributed by atoms with Crippen LogP contribution in [0.15, 0.2) is 12.1 Å². The molecule has 1 amide bonds. The fraction of sp³-hybridized carbons (Fsp3) is 0.600. The van der Waals surface area contributed by atoms with Crippen LogP contribution in [0.5, 0.6) is 0 Å². The summed E-state index contributed by atoms with van der Waals surface area (Å²) in [7, 11) is 1.65. The van der Waals surface area contributed by atoms with Crippen molar-refractivity contribution < 1.29 is 9.53 Å². The number of ether oxygens (including phenoxy) is 1. The summed E-state index contributed by atoms with van der Waals surface area (Å²) in [5, 5.41) is 6.31. The number of carbonyl (C=O) groups is 1. The Bertz CT molecular complexity index is 476. The summed E-state index contributed by atoms with van der Waals surface area (Å²) in [6.07, 6.45) is 1.59. The van der Waals surface area contributed by atoms with Gasteiger partial charge in [-0.1, -0.05) is 0 Å². The maximum absolute atomic E-state index is 12.7.